The number of alkyl halides is 3. The molecule has 1 rings (SSSR count). The first-order valence-electron chi connectivity index (χ1n) is 4.34. The number of amides is 1. The topological polar surface area (TPSA) is 67.2 Å². The second-order valence-corrected chi connectivity index (χ2v) is 2.98. The van der Waals surface area contributed by atoms with Crippen LogP contribution in [0, 0.1) is 0 Å². The Bertz CT molecular complexity index is 379. The minimum absolute atomic E-state index is 0.237. The van der Waals surface area contributed by atoms with E-state index in [1.807, 2.05) is 0 Å². The summed E-state index contributed by atoms with van der Waals surface area (Å²) < 4.78 is 35.6. The van der Waals surface area contributed by atoms with E-state index in [1.54, 1.807) is 29.6 Å². The zero-order chi connectivity index (χ0) is 12.2. The molecular formula is C9H10F3N3O. The highest BCUT2D eigenvalue weighted by atomic mass is 19.4. The Balaban J connectivity index is 2.65. The molecule has 0 spiro atoms. The van der Waals surface area contributed by atoms with Crippen molar-refractivity contribution in [2.75, 3.05) is 5.43 Å². The molecule has 16 heavy (non-hydrogen) atoms. The molecule has 0 saturated carbocycles. The van der Waals surface area contributed by atoms with Crippen LogP contribution in [0.25, 0.3) is 0 Å². The lowest BCUT2D eigenvalue weighted by atomic mass is 10.2. The van der Waals surface area contributed by atoms with Gasteiger partial charge >= 0.3 is 12.1 Å². The van der Waals surface area contributed by atoms with Crippen LogP contribution in [0.2, 0.25) is 0 Å². The van der Waals surface area contributed by atoms with Crippen molar-refractivity contribution in [3.05, 3.63) is 29.8 Å². The van der Waals surface area contributed by atoms with E-state index in [-0.39, 0.29) is 6.54 Å². The number of nitrogens with two attached hydrogens (primary N) is 1. The smallest absolute Gasteiger partial charge is 0.344 e. The van der Waals surface area contributed by atoms with Gasteiger partial charge in [-0.15, -0.1) is 0 Å². The third-order valence-corrected chi connectivity index (χ3v) is 1.87. The van der Waals surface area contributed by atoms with Crippen LogP contribution in [-0.4, -0.2) is 12.1 Å². The van der Waals surface area contributed by atoms with E-state index in [0.717, 1.165) is 0 Å². The monoisotopic (exact) mass is 233 g/mol. The molecule has 0 unspecified atom stereocenters. The van der Waals surface area contributed by atoms with Gasteiger partial charge < -0.3 is 10.7 Å². The fourth-order valence-corrected chi connectivity index (χ4v) is 1.09. The van der Waals surface area contributed by atoms with Crippen molar-refractivity contribution < 1.29 is 18.0 Å². The molecule has 0 saturated heterocycles. The van der Waals surface area contributed by atoms with Crippen LogP contribution < -0.4 is 16.6 Å². The van der Waals surface area contributed by atoms with E-state index in [2.05, 4.69) is 5.43 Å². The quantitative estimate of drug-likeness (QED) is 0.542. The van der Waals surface area contributed by atoms with Crippen molar-refractivity contribution in [1.29, 1.82) is 0 Å². The molecule has 0 bridgehead atoms. The minimum Gasteiger partial charge on any atom is -0.344 e. The number of carbonyl (C=O) groups excluding carboxylic acids is 1. The van der Waals surface area contributed by atoms with E-state index >= 15 is 0 Å². The van der Waals surface area contributed by atoms with Gasteiger partial charge in [-0.3, -0.25) is 10.6 Å². The van der Waals surface area contributed by atoms with Gasteiger partial charge in [0.25, 0.3) is 0 Å². The number of benzene rings is 1. The first-order valence-corrected chi connectivity index (χ1v) is 4.34. The van der Waals surface area contributed by atoms with Gasteiger partial charge in [0, 0.05) is 6.54 Å². The standard InChI is InChI=1S/C9H10F3N3O/c10-9(11,12)8(16)14-5-6-3-1-2-4-7(6)15-13/h1-4,15H,5,13H2,(H,14,16). The lowest BCUT2D eigenvalue weighted by Crippen LogP contribution is -2.36. The highest BCUT2D eigenvalue weighted by Gasteiger charge is 2.38. The number of hydrogen-bond donors (Lipinski definition) is 3. The molecule has 0 aliphatic rings. The van der Waals surface area contributed by atoms with E-state index in [0.29, 0.717) is 11.3 Å². The Labute approximate surface area is 89.6 Å². The molecular weight excluding hydrogens is 223 g/mol. The Morgan fingerprint density at radius 3 is 2.50 bits per heavy atom. The number of nitrogens with one attached hydrogen (secondary N) is 2. The lowest BCUT2D eigenvalue weighted by molar-refractivity contribution is -0.173. The van der Waals surface area contributed by atoms with Gasteiger partial charge in [-0.1, -0.05) is 18.2 Å². The Hall–Kier alpha value is -1.76. The van der Waals surface area contributed by atoms with Crippen LogP contribution in [-0.2, 0) is 11.3 Å². The minimum atomic E-state index is -4.87. The number of hydrogen-bond acceptors (Lipinski definition) is 3. The fraction of sp³-hybridized carbons (Fsp3) is 0.222. The molecule has 1 aromatic rings. The van der Waals surface area contributed by atoms with Gasteiger partial charge in [0.1, 0.15) is 0 Å². The molecule has 4 nitrogen and oxygen atoms in total. The highest BCUT2D eigenvalue weighted by Crippen LogP contribution is 2.16. The number of halogens is 3. The number of nitrogen functional groups attached to an aromatic ring is 1. The molecule has 0 heterocycles. The Kier molecular flexibility index (Phi) is 3.73. The van der Waals surface area contributed by atoms with E-state index < -0.39 is 12.1 Å². The summed E-state index contributed by atoms with van der Waals surface area (Å²) in [6.45, 7) is -0.237. The summed E-state index contributed by atoms with van der Waals surface area (Å²) in [7, 11) is 0. The summed E-state index contributed by atoms with van der Waals surface area (Å²) in [4.78, 5) is 10.5. The van der Waals surface area contributed by atoms with E-state index in [4.69, 9.17) is 5.84 Å². The van der Waals surface area contributed by atoms with Crippen molar-refractivity contribution in [2.45, 2.75) is 12.7 Å². The molecule has 1 aromatic carbocycles. The van der Waals surface area contributed by atoms with Crippen LogP contribution in [0.1, 0.15) is 5.56 Å². The number of rotatable bonds is 3. The van der Waals surface area contributed by atoms with Gasteiger partial charge in [0.2, 0.25) is 0 Å². The maximum absolute atomic E-state index is 11.9. The fourth-order valence-electron chi connectivity index (χ4n) is 1.09. The molecule has 0 aliphatic carbocycles. The maximum Gasteiger partial charge on any atom is 0.471 e. The Morgan fingerprint density at radius 2 is 1.94 bits per heavy atom. The van der Waals surface area contributed by atoms with Crippen molar-refractivity contribution in [2.24, 2.45) is 5.84 Å². The largest absolute Gasteiger partial charge is 0.471 e. The van der Waals surface area contributed by atoms with Crippen LogP contribution in [0.5, 0.6) is 0 Å². The molecule has 0 atom stereocenters. The number of para-hydroxylation sites is 1. The SMILES string of the molecule is NNc1ccccc1CNC(=O)C(F)(F)F. The van der Waals surface area contributed by atoms with Gasteiger partial charge in [0.05, 0.1) is 5.69 Å². The molecule has 7 heteroatoms. The molecule has 0 aromatic heterocycles. The van der Waals surface area contributed by atoms with Crippen molar-refractivity contribution >= 4 is 11.6 Å². The average molecular weight is 233 g/mol. The van der Waals surface area contributed by atoms with Gasteiger partial charge in [-0.25, -0.2) is 0 Å². The van der Waals surface area contributed by atoms with Crippen molar-refractivity contribution in [3.63, 3.8) is 0 Å². The second-order valence-electron chi connectivity index (χ2n) is 2.98. The summed E-state index contributed by atoms with van der Waals surface area (Å²) in [5, 5.41) is 1.75. The zero-order valence-electron chi connectivity index (χ0n) is 8.14. The predicted octanol–water partition coefficient (Wildman–Crippen LogP) is 1.15. The summed E-state index contributed by atoms with van der Waals surface area (Å²) in [6.07, 6.45) is -4.87. The molecule has 88 valence electrons. The number of hydrazine groups is 1. The summed E-state index contributed by atoms with van der Waals surface area (Å²) in [5.41, 5.74) is 3.26. The summed E-state index contributed by atoms with van der Waals surface area (Å²) in [6, 6.07) is 6.46. The predicted molar refractivity (Wildman–Crippen MR) is 52.2 cm³/mol. The lowest BCUT2D eigenvalue weighted by Gasteiger charge is -2.11. The number of carbonyl (C=O) groups is 1. The molecule has 0 radical (unpaired) electrons. The normalized spacial score (nSPS) is 11.0. The molecule has 0 fully saturated rings. The molecule has 0 aliphatic heterocycles. The third-order valence-electron chi connectivity index (χ3n) is 1.87. The Morgan fingerprint density at radius 1 is 1.31 bits per heavy atom. The van der Waals surface area contributed by atoms with Gasteiger partial charge in [-0.2, -0.15) is 13.2 Å². The van der Waals surface area contributed by atoms with Crippen LogP contribution in [0.15, 0.2) is 24.3 Å². The van der Waals surface area contributed by atoms with Gasteiger partial charge in [-0.05, 0) is 11.6 Å². The van der Waals surface area contributed by atoms with Crippen molar-refractivity contribution in [3.8, 4) is 0 Å². The first-order chi connectivity index (χ1) is 7.45. The summed E-state index contributed by atoms with van der Waals surface area (Å²) in [5.74, 6) is 3.19. The van der Waals surface area contributed by atoms with Gasteiger partial charge in [0.15, 0.2) is 0 Å². The van der Waals surface area contributed by atoms with E-state index in [1.165, 1.54) is 0 Å². The van der Waals surface area contributed by atoms with E-state index in [9.17, 15) is 18.0 Å². The van der Waals surface area contributed by atoms with Crippen molar-refractivity contribution in [1.82, 2.24) is 5.32 Å². The highest BCUT2D eigenvalue weighted by molar-refractivity contribution is 5.81. The first kappa shape index (κ1) is 12.3. The van der Waals surface area contributed by atoms with Crippen LogP contribution in [0.3, 0.4) is 0 Å². The zero-order valence-corrected chi connectivity index (χ0v) is 8.14. The molecule has 1 amide bonds. The average Bonchev–Trinajstić information content (AvgIpc) is 2.24. The maximum atomic E-state index is 11.9. The number of anilines is 1. The molecule has 4 N–H and O–H groups in total. The summed E-state index contributed by atoms with van der Waals surface area (Å²) >= 11 is 0. The third kappa shape index (κ3) is 3.13. The second kappa shape index (κ2) is 4.84. The van der Waals surface area contributed by atoms with Crippen LogP contribution in [0.4, 0.5) is 18.9 Å². The van der Waals surface area contributed by atoms with Crippen LogP contribution >= 0.6 is 0 Å².